The first kappa shape index (κ1) is 19.7. The highest BCUT2D eigenvalue weighted by Gasteiger charge is 2.41. The summed E-state index contributed by atoms with van der Waals surface area (Å²) >= 11 is 0. The largest absolute Gasteiger partial charge is 0.357 e. The number of benzene rings is 1. The van der Waals surface area contributed by atoms with Crippen LogP contribution in [0, 0.1) is 0 Å². The number of nitrogens with one attached hydrogen (secondary N) is 1. The molecule has 1 aromatic carbocycles. The fraction of sp³-hybridized carbons (Fsp3) is 0.579. The van der Waals surface area contributed by atoms with Crippen LogP contribution < -0.4 is 10.2 Å². The van der Waals surface area contributed by atoms with Gasteiger partial charge in [-0.05, 0) is 32.4 Å². The van der Waals surface area contributed by atoms with Crippen molar-refractivity contribution in [2.75, 3.05) is 43.4 Å². The smallest absolute Gasteiger partial charge is 0.231 e. The predicted molar refractivity (Wildman–Crippen MR) is 108 cm³/mol. The summed E-state index contributed by atoms with van der Waals surface area (Å²) in [7, 11) is -3.09. The molecule has 0 bridgehead atoms. The van der Waals surface area contributed by atoms with Gasteiger partial charge >= 0.3 is 0 Å². The first-order chi connectivity index (χ1) is 12.7. The van der Waals surface area contributed by atoms with E-state index >= 15 is 0 Å². The fourth-order valence-corrected chi connectivity index (χ4v) is 4.93. The first-order valence-corrected chi connectivity index (χ1v) is 11.0. The van der Waals surface area contributed by atoms with Crippen molar-refractivity contribution in [3.8, 4) is 0 Å². The summed E-state index contributed by atoms with van der Waals surface area (Å²) in [6.07, 6.45) is 0.443. The van der Waals surface area contributed by atoms with Crippen LogP contribution >= 0.6 is 0 Å². The number of fused-ring (bicyclic) bond motifs is 1. The van der Waals surface area contributed by atoms with Crippen LogP contribution in [0.25, 0.3) is 0 Å². The van der Waals surface area contributed by atoms with E-state index in [2.05, 4.69) is 10.3 Å². The molecule has 3 rings (SSSR count). The van der Waals surface area contributed by atoms with E-state index in [0.29, 0.717) is 45.1 Å². The zero-order valence-electron chi connectivity index (χ0n) is 16.2. The van der Waals surface area contributed by atoms with Gasteiger partial charge in [-0.3, -0.25) is 9.79 Å². The van der Waals surface area contributed by atoms with Gasteiger partial charge in [0, 0.05) is 31.9 Å². The number of aliphatic imine (C=N–C) groups is 1. The number of para-hydroxylation sites is 1. The minimum absolute atomic E-state index is 0.0987. The van der Waals surface area contributed by atoms with E-state index < -0.39 is 14.6 Å². The number of guanidine groups is 1. The molecular weight excluding hydrogens is 364 g/mol. The highest BCUT2D eigenvalue weighted by molar-refractivity contribution is 7.92. The quantitative estimate of drug-likeness (QED) is 0.612. The van der Waals surface area contributed by atoms with Crippen LogP contribution in [0.15, 0.2) is 29.3 Å². The molecule has 27 heavy (non-hydrogen) atoms. The third-order valence-corrected chi connectivity index (χ3v) is 7.72. The van der Waals surface area contributed by atoms with Crippen LogP contribution in [0.4, 0.5) is 5.69 Å². The van der Waals surface area contributed by atoms with Gasteiger partial charge in [-0.1, -0.05) is 18.2 Å². The molecule has 0 spiro atoms. The second kappa shape index (κ2) is 7.50. The number of carbonyl (C=O) groups excluding carboxylic acids is 1. The van der Waals surface area contributed by atoms with Crippen molar-refractivity contribution in [3.63, 3.8) is 0 Å². The molecule has 1 N–H and O–H groups in total. The van der Waals surface area contributed by atoms with Crippen LogP contribution in [0.5, 0.6) is 0 Å². The van der Waals surface area contributed by atoms with Crippen LogP contribution in [-0.2, 0) is 21.1 Å². The zero-order chi connectivity index (χ0) is 19.7. The van der Waals surface area contributed by atoms with Gasteiger partial charge in [0.25, 0.3) is 0 Å². The Morgan fingerprint density at radius 1 is 1.30 bits per heavy atom. The van der Waals surface area contributed by atoms with Crippen molar-refractivity contribution in [1.29, 1.82) is 0 Å². The van der Waals surface area contributed by atoms with E-state index in [9.17, 15) is 13.2 Å². The lowest BCUT2D eigenvalue weighted by atomic mass is 10.2. The van der Waals surface area contributed by atoms with Gasteiger partial charge in [-0.25, -0.2) is 8.42 Å². The predicted octanol–water partition coefficient (Wildman–Crippen LogP) is 1.05. The van der Waals surface area contributed by atoms with Gasteiger partial charge in [0.15, 0.2) is 15.8 Å². The molecule has 2 aliphatic heterocycles. The van der Waals surface area contributed by atoms with Gasteiger partial charge in [-0.15, -0.1) is 0 Å². The molecule has 1 aromatic rings. The molecule has 8 heteroatoms. The Morgan fingerprint density at radius 3 is 2.74 bits per heavy atom. The Bertz CT molecular complexity index is 848. The molecule has 7 nitrogen and oxygen atoms in total. The molecule has 0 aliphatic carbocycles. The van der Waals surface area contributed by atoms with Crippen LogP contribution in [0.2, 0.25) is 0 Å². The second-order valence-electron chi connectivity index (χ2n) is 7.59. The van der Waals surface area contributed by atoms with Gasteiger partial charge in [0.05, 0.1) is 23.5 Å². The van der Waals surface area contributed by atoms with Gasteiger partial charge in [-0.2, -0.15) is 0 Å². The maximum Gasteiger partial charge on any atom is 0.231 e. The van der Waals surface area contributed by atoms with Gasteiger partial charge < -0.3 is 15.1 Å². The summed E-state index contributed by atoms with van der Waals surface area (Å²) in [5.41, 5.74) is 2.02. The number of carbonyl (C=O) groups is 1. The molecule has 148 valence electrons. The maximum absolute atomic E-state index is 12.3. The standard InChI is InChI=1S/C19H28N4O3S/c1-4-20-18(22-11-12-27(25,26)19(2,3)14-22)21-9-10-23-16-8-6-5-7-15(16)13-17(23)24/h5-8H,4,9-14H2,1-3H3,(H,20,21). The molecule has 0 saturated carbocycles. The maximum atomic E-state index is 12.3. The summed E-state index contributed by atoms with van der Waals surface area (Å²) in [6.45, 7) is 8.04. The number of hydrogen-bond donors (Lipinski definition) is 1. The Balaban J connectivity index is 1.69. The summed E-state index contributed by atoms with van der Waals surface area (Å²) < 4.78 is 23.7. The minimum atomic E-state index is -3.09. The average Bonchev–Trinajstić information content (AvgIpc) is 2.92. The highest BCUT2D eigenvalue weighted by Crippen LogP contribution is 2.28. The highest BCUT2D eigenvalue weighted by atomic mass is 32.2. The van der Waals surface area contributed by atoms with Crippen LogP contribution in [0.1, 0.15) is 26.3 Å². The fourth-order valence-electron chi connectivity index (χ4n) is 3.57. The van der Waals surface area contributed by atoms with Crippen molar-refractivity contribution in [2.45, 2.75) is 31.9 Å². The molecule has 1 amide bonds. The van der Waals surface area contributed by atoms with E-state index in [1.54, 1.807) is 18.7 Å². The molecule has 0 unspecified atom stereocenters. The summed E-state index contributed by atoms with van der Waals surface area (Å²) in [4.78, 5) is 20.7. The first-order valence-electron chi connectivity index (χ1n) is 9.39. The van der Waals surface area contributed by atoms with Crippen molar-refractivity contribution in [3.05, 3.63) is 29.8 Å². The Labute approximate surface area is 161 Å². The van der Waals surface area contributed by atoms with Crippen LogP contribution in [-0.4, -0.2) is 68.4 Å². The SMILES string of the molecule is CCNC(=NCCN1C(=O)Cc2ccccc21)N1CCS(=O)(=O)C(C)(C)C1. The average molecular weight is 393 g/mol. The van der Waals surface area contributed by atoms with Crippen molar-refractivity contribution < 1.29 is 13.2 Å². The van der Waals surface area contributed by atoms with Gasteiger partial charge in [0.2, 0.25) is 5.91 Å². The normalized spacial score (nSPS) is 21.3. The lowest BCUT2D eigenvalue weighted by Crippen LogP contribution is -2.57. The molecule has 2 aliphatic rings. The molecule has 2 heterocycles. The van der Waals surface area contributed by atoms with E-state index in [-0.39, 0.29) is 11.7 Å². The third-order valence-electron chi connectivity index (χ3n) is 5.19. The molecule has 1 saturated heterocycles. The Kier molecular flexibility index (Phi) is 5.46. The zero-order valence-corrected chi connectivity index (χ0v) is 17.1. The van der Waals surface area contributed by atoms with Crippen LogP contribution in [0.3, 0.4) is 0 Å². The lowest BCUT2D eigenvalue weighted by molar-refractivity contribution is -0.117. The van der Waals surface area contributed by atoms with Crippen molar-refractivity contribution in [1.82, 2.24) is 10.2 Å². The molecule has 0 radical (unpaired) electrons. The Morgan fingerprint density at radius 2 is 2.04 bits per heavy atom. The molecule has 1 fully saturated rings. The topological polar surface area (TPSA) is 82.1 Å². The number of rotatable bonds is 4. The van der Waals surface area contributed by atoms with E-state index in [4.69, 9.17) is 0 Å². The number of anilines is 1. The lowest BCUT2D eigenvalue weighted by Gasteiger charge is -2.39. The number of amides is 1. The number of sulfone groups is 1. The number of nitrogens with zero attached hydrogens (tertiary/aromatic N) is 3. The van der Waals surface area contributed by atoms with Crippen molar-refractivity contribution >= 4 is 27.4 Å². The summed E-state index contributed by atoms with van der Waals surface area (Å²) in [5, 5.41) is 3.25. The number of hydrogen-bond acceptors (Lipinski definition) is 4. The molecule has 0 aromatic heterocycles. The van der Waals surface area contributed by atoms with E-state index in [1.807, 2.05) is 36.1 Å². The molecular formula is C19H28N4O3S. The van der Waals surface area contributed by atoms with E-state index in [0.717, 1.165) is 11.3 Å². The minimum Gasteiger partial charge on any atom is -0.357 e. The van der Waals surface area contributed by atoms with Gasteiger partial charge in [0.1, 0.15) is 0 Å². The third kappa shape index (κ3) is 3.95. The second-order valence-corrected chi connectivity index (χ2v) is 10.3. The monoisotopic (exact) mass is 392 g/mol. The summed E-state index contributed by atoms with van der Waals surface area (Å²) in [6, 6.07) is 7.83. The Hall–Kier alpha value is -2.09. The van der Waals surface area contributed by atoms with Crippen molar-refractivity contribution in [2.24, 2.45) is 4.99 Å². The van der Waals surface area contributed by atoms with E-state index in [1.165, 1.54) is 0 Å². The summed E-state index contributed by atoms with van der Waals surface area (Å²) in [5.74, 6) is 0.935. The molecule has 0 atom stereocenters.